The molecule has 0 saturated carbocycles. The lowest BCUT2D eigenvalue weighted by Gasteiger charge is -2.20. The van der Waals surface area contributed by atoms with Gasteiger partial charge in [-0.1, -0.05) is 13.8 Å². The van der Waals surface area contributed by atoms with Crippen LogP contribution in [0.3, 0.4) is 0 Å². The highest BCUT2D eigenvalue weighted by molar-refractivity contribution is 5.96. The zero-order chi connectivity index (χ0) is 16.0. The van der Waals surface area contributed by atoms with E-state index >= 15 is 0 Å². The van der Waals surface area contributed by atoms with Crippen molar-refractivity contribution < 1.29 is 9.59 Å². The smallest absolute Gasteiger partial charge is 0.251 e. The van der Waals surface area contributed by atoms with E-state index < -0.39 is 0 Å². The van der Waals surface area contributed by atoms with Gasteiger partial charge in [0.25, 0.3) is 5.91 Å². The quantitative estimate of drug-likeness (QED) is 0.870. The molecule has 0 aliphatic heterocycles. The molecular weight excluding hydrogens is 264 g/mol. The van der Waals surface area contributed by atoms with Crippen molar-refractivity contribution in [2.75, 3.05) is 5.32 Å². The Labute approximate surface area is 127 Å². The molecule has 0 aromatic heterocycles. The average Bonchev–Trinajstić information content (AvgIpc) is 2.35. The van der Waals surface area contributed by atoms with Crippen molar-refractivity contribution >= 4 is 17.5 Å². The fourth-order valence-electron chi connectivity index (χ4n) is 1.76. The molecule has 116 valence electrons. The third-order valence-electron chi connectivity index (χ3n) is 2.87. The maximum Gasteiger partial charge on any atom is 0.251 e. The Bertz CT molecular complexity index is 485. The molecule has 0 atom stereocenters. The van der Waals surface area contributed by atoms with Gasteiger partial charge < -0.3 is 10.6 Å². The number of nitrogens with one attached hydrogen (secondary N) is 2. The van der Waals surface area contributed by atoms with Gasteiger partial charge in [-0.2, -0.15) is 0 Å². The van der Waals surface area contributed by atoms with Gasteiger partial charge in [-0.05, 0) is 57.4 Å². The van der Waals surface area contributed by atoms with E-state index in [1.54, 1.807) is 24.3 Å². The minimum atomic E-state index is -0.263. The Morgan fingerprint density at radius 1 is 1.10 bits per heavy atom. The number of anilines is 1. The predicted molar refractivity (Wildman–Crippen MR) is 86.4 cm³/mol. The van der Waals surface area contributed by atoms with Gasteiger partial charge in [-0.15, -0.1) is 0 Å². The van der Waals surface area contributed by atoms with Crippen LogP contribution in [0.15, 0.2) is 24.3 Å². The van der Waals surface area contributed by atoms with Crippen LogP contribution in [0.4, 0.5) is 5.69 Å². The Balaban J connectivity index is 2.58. The summed E-state index contributed by atoms with van der Waals surface area (Å²) in [5.74, 6) is 0.412. The van der Waals surface area contributed by atoms with Crippen LogP contribution in [-0.2, 0) is 4.79 Å². The summed E-state index contributed by atoms with van der Waals surface area (Å²) in [7, 11) is 0. The molecule has 4 heteroatoms. The fourth-order valence-corrected chi connectivity index (χ4v) is 1.76. The topological polar surface area (TPSA) is 58.2 Å². The molecule has 0 fully saturated rings. The first-order chi connectivity index (χ1) is 9.67. The van der Waals surface area contributed by atoms with E-state index in [0.717, 1.165) is 12.1 Å². The zero-order valence-corrected chi connectivity index (χ0v) is 13.6. The fraction of sp³-hybridized carbons (Fsp3) is 0.529. The summed E-state index contributed by atoms with van der Waals surface area (Å²) in [5.41, 5.74) is 1.04. The third-order valence-corrected chi connectivity index (χ3v) is 2.87. The van der Waals surface area contributed by atoms with Gasteiger partial charge in [0, 0.05) is 23.2 Å². The highest BCUT2D eigenvalue weighted by Crippen LogP contribution is 2.12. The van der Waals surface area contributed by atoms with Crippen molar-refractivity contribution in [3.05, 3.63) is 29.8 Å². The second-order valence-electron chi connectivity index (χ2n) is 6.76. The largest absolute Gasteiger partial charge is 0.347 e. The predicted octanol–water partition coefficient (Wildman–Crippen LogP) is 3.59. The molecule has 2 N–H and O–H groups in total. The third kappa shape index (κ3) is 6.93. The molecule has 0 aliphatic carbocycles. The van der Waals surface area contributed by atoms with Gasteiger partial charge in [-0.25, -0.2) is 0 Å². The molecule has 0 unspecified atom stereocenters. The number of carbonyl (C=O) groups is 2. The normalized spacial score (nSPS) is 11.3. The Kier molecular flexibility index (Phi) is 5.94. The first-order valence-corrected chi connectivity index (χ1v) is 7.40. The summed E-state index contributed by atoms with van der Waals surface area (Å²) in [6.45, 7) is 10.0. The number of hydrogen-bond acceptors (Lipinski definition) is 2. The molecule has 0 heterocycles. The molecule has 1 aromatic rings. The standard InChI is InChI=1S/C17H26N2O2/c1-12(2)6-11-15(20)18-14-9-7-13(8-10-14)16(21)19-17(3,4)5/h7-10,12H,6,11H2,1-5H3,(H,18,20)(H,19,21). The summed E-state index contributed by atoms with van der Waals surface area (Å²) in [6.07, 6.45) is 1.39. The highest BCUT2D eigenvalue weighted by atomic mass is 16.2. The molecule has 0 spiro atoms. The number of benzene rings is 1. The van der Waals surface area contributed by atoms with Crippen LogP contribution >= 0.6 is 0 Å². The lowest BCUT2D eigenvalue weighted by atomic mass is 10.1. The van der Waals surface area contributed by atoms with Gasteiger partial charge in [0.2, 0.25) is 5.91 Å². The molecule has 0 radical (unpaired) electrons. The molecule has 2 amide bonds. The van der Waals surface area contributed by atoms with Gasteiger partial charge >= 0.3 is 0 Å². The van der Waals surface area contributed by atoms with Crippen LogP contribution in [0.2, 0.25) is 0 Å². The summed E-state index contributed by atoms with van der Waals surface area (Å²) in [6, 6.07) is 6.95. The Hall–Kier alpha value is -1.84. The van der Waals surface area contributed by atoms with Crippen molar-refractivity contribution in [2.45, 2.75) is 53.0 Å². The lowest BCUT2D eigenvalue weighted by Crippen LogP contribution is -2.40. The zero-order valence-electron chi connectivity index (χ0n) is 13.6. The number of amides is 2. The van der Waals surface area contributed by atoms with Crippen LogP contribution < -0.4 is 10.6 Å². The van der Waals surface area contributed by atoms with E-state index in [2.05, 4.69) is 24.5 Å². The maximum absolute atomic E-state index is 12.0. The van der Waals surface area contributed by atoms with Gasteiger partial charge in [-0.3, -0.25) is 9.59 Å². The Morgan fingerprint density at radius 3 is 2.14 bits per heavy atom. The molecular formula is C17H26N2O2. The van der Waals surface area contributed by atoms with E-state index in [0.29, 0.717) is 17.9 Å². The van der Waals surface area contributed by atoms with E-state index in [4.69, 9.17) is 0 Å². The van der Waals surface area contributed by atoms with Gasteiger partial charge in [0.15, 0.2) is 0 Å². The van der Waals surface area contributed by atoms with Crippen LogP contribution in [0.1, 0.15) is 57.8 Å². The van der Waals surface area contributed by atoms with E-state index in [1.807, 2.05) is 20.8 Å². The van der Waals surface area contributed by atoms with E-state index in [1.165, 1.54) is 0 Å². The Morgan fingerprint density at radius 2 is 1.67 bits per heavy atom. The number of hydrogen-bond donors (Lipinski definition) is 2. The van der Waals surface area contributed by atoms with E-state index in [-0.39, 0.29) is 17.4 Å². The SMILES string of the molecule is CC(C)CCC(=O)Nc1ccc(C(=O)NC(C)(C)C)cc1. The van der Waals surface area contributed by atoms with Crippen molar-refractivity contribution in [1.29, 1.82) is 0 Å². The lowest BCUT2D eigenvalue weighted by molar-refractivity contribution is -0.116. The van der Waals surface area contributed by atoms with Gasteiger partial charge in [0.05, 0.1) is 0 Å². The first-order valence-electron chi connectivity index (χ1n) is 7.40. The van der Waals surface area contributed by atoms with Crippen molar-refractivity contribution in [1.82, 2.24) is 5.32 Å². The number of carbonyl (C=O) groups excluding carboxylic acids is 2. The molecule has 0 saturated heterocycles. The van der Waals surface area contributed by atoms with Crippen molar-refractivity contribution in [3.8, 4) is 0 Å². The minimum Gasteiger partial charge on any atom is -0.347 e. The van der Waals surface area contributed by atoms with Crippen LogP contribution in [0, 0.1) is 5.92 Å². The molecule has 1 aromatic carbocycles. The highest BCUT2D eigenvalue weighted by Gasteiger charge is 2.15. The molecule has 0 aliphatic rings. The number of rotatable bonds is 5. The van der Waals surface area contributed by atoms with Gasteiger partial charge in [0.1, 0.15) is 0 Å². The summed E-state index contributed by atoms with van der Waals surface area (Å²) >= 11 is 0. The molecule has 0 bridgehead atoms. The maximum atomic E-state index is 12.0. The molecule has 21 heavy (non-hydrogen) atoms. The summed E-state index contributed by atoms with van der Waals surface area (Å²) in [4.78, 5) is 23.7. The average molecular weight is 290 g/mol. The summed E-state index contributed by atoms with van der Waals surface area (Å²) in [5, 5.41) is 5.74. The summed E-state index contributed by atoms with van der Waals surface area (Å²) < 4.78 is 0. The second kappa shape index (κ2) is 7.25. The van der Waals surface area contributed by atoms with Crippen molar-refractivity contribution in [2.24, 2.45) is 5.92 Å². The van der Waals surface area contributed by atoms with Crippen LogP contribution in [-0.4, -0.2) is 17.4 Å². The van der Waals surface area contributed by atoms with Crippen molar-refractivity contribution in [3.63, 3.8) is 0 Å². The second-order valence-corrected chi connectivity index (χ2v) is 6.76. The minimum absolute atomic E-state index is 0.00981. The monoisotopic (exact) mass is 290 g/mol. The molecule has 4 nitrogen and oxygen atoms in total. The van der Waals surface area contributed by atoms with Crippen LogP contribution in [0.5, 0.6) is 0 Å². The first kappa shape index (κ1) is 17.2. The van der Waals surface area contributed by atoms with Crippen LogP contribution in [0.25, 0.3) is 0 Å². The molecule has 1 rings (SSSR count). The van der Waals surface area contributed by atoms with E-state index in [9.17, 15) is 9.59 Å².